The van der Waals surface area contributed by atoms with Gasteiger partial charge in [-0.15, -0.1) is 0 Å². The highest BCUT2D eigenvalue weighted by Crippen LogP contribution is 2.30. The van der Waals surface area contributed by atoms with Crippen LogP contribution in [0.5, 0.6) is 0 Å². The van der Waals surface area contributed by atoms with E-state index in [9.17, 15) is 4.79 Å². The van der Waals surface area contributed by atoms with Gasteiger partial charge in [-0.05, 0) is 58.5 Å². The third kappa shape index (κ3) is 5.79. The molecule has 8 heteroatoms. The summed E-state index contributed by atoms with van der Waals surface area (Å²) in [5.74, 6) is 0.214. The maximum Gasteiger partial charge on any atom is 0.407 e. The van der Waals surface area contributed by atoms with E-state index in [4.69, 9.17) is 16.3 Å². The van der Waals surface area contributed by atoms with Crippen molar-refractivity contribution < 1.29 is 9.53 Å². The number of ether oxygens (including phenoxy) is 1. The van der Waals surface area contributed by atoms with Gasteiger partial charge >= 0.3 is 6.09 Å². The number of halogens is 3. The zero-order valence-electron chi connectivity index (χ0n) is 12.7. The highest BCUT2D eigenvalue weighted by Gasteiger charge is 2.23. The van der Waals surface area contributed by atoms with Crippen LogP contribution in [-0.2, 0) is 11.3 Å². The average Bonchev–Trinajstić information content (AvgIpc) is 2.53. The molecule has 0 radical (unpaired) electrons. The molecule has 1 heterocycles. The van der Waals surface area contributed by atoms with E-state index in [1.165, 1.54) is 0 Å². The van der Waals surface area contributed by atoms with E-state index >= 15 is 0 Å². The van der Waals surface area contributed by atoms with Gasteiger partial charge in [0, 0.05) is 0 Å². The Balaban J connectivity index is 2.79. The SMILES string of the molecule is CC(C)C(Cn1nc(Br)c(Cl)c1Br)NC(=O)OC(C)(C)C. The highest BCUT2D eigenvalue weighted by molar-refractivity contribution is 9.11. The fraction of sp³-hybridized carbons (Fsp3) is 0.692. The van der Waals surface area contributed by atoms with Gasteiger partial charge in [0.25, 0.3) is 0 Å². The largest absolute Gasteiger partial charge is 0.444 e. The van der Waals surface area contributed by atoms with Crippen molar-refractivity contribution in [2.45, 2.75) is 52.8 Å². The smallest absolute Gasteiger partial charge is 0.407 e. The van der Waals surface area contributed by atoms with E-state index in [2.05, 4.69) is 42.3 Å². The van der Waals surface area contributed by atoms with Crippen molar-refractivity contribution in [2.75, 3.05) is 0 Å². The second-order valence-corrected chi connectivity index (χ2v) is 7.95. The number of alkyl carbamates (subject to hydrolysis) is 1. The van der Waals surface area contributed by atoms with Crippen LogP contribution in [0.3, 0.4) is 0 Å². The summed E-state index contributed by atoms with van der Waals surface area (Å²) in [6.45, 7) is 10.0. The minimum atomic E-state index is -0.524. The predicted octanol–water partition coefficient (Wildman–Crippen LogP) is 4.61. The van der Waals surface area contributed by atoms with E-state index in [1.807, 2.05) is 34.6 Å². The molecule has 0 aliphatic rings. The molecule has 1 aromatic heterocycles. The quantitative estimate of drug-likeness (QED) is 0.736. The summed E-state index contributed by atoms with van der Waals surface area (Å²) in [7, 11) is 0. The van der Waals surface area contributed by atoms with Crippen LogP contribution < -0.4 is 5.32 Å². The van der Waals surface area contributed by atoms with Crippen LogP contribution in [0, 0.1) is 5.92 Å². The van der Waals surface area contributed by atoms with Crippen LogP contribution in [0.1, 0.15) is 34.6 Å². The summed E-state index contributed by atoms with van der Waals surface area (Å²) >= 11 is 12.7. The van der Waals surface area contributed by atoms with Gasteiger partial charge in [-0.1, -0.05) is 25.4 Å². The van der Waals surface area contributed by atoms with Crippen molar-refractivity contribution >= 4 is 49.6 Å². The van der Waals surface area contributed by atoms with Crippen molar-refractivity contribution in [2.24, 2.45) is 5.92 Å². The van der Waals surface area contributed by atoms with Crippen LogP contribution >= 0.6 is 43.5 Å². The van der Waals surface area contributed by atoms with Gasteiger partial charge in [-0.2, -0.15) is 5.10 Å². The van der Waals surface area contributed by atoms with Gasteiger partial charge in [0.05, 0.1) is 12.6 Å². The summed E-state index contributed by atoms with van der Waals surface area (Å²) in [4.78, 5) is 11.9. The fourth-order valence-electron chi connectivity index (χ4n) is 1.58. The second-order valence-electron chi connectivity index (χ2n) is 6.07. The standard InChI is InChI=1S/C13H20Br2ClN3O2/c1-7(2)8(17-12(20)21-13(3,4)5)6-19-11(15)9(16)10(14)18-19/h7-8H,6H2,1-5H3,(H,17,20). The Hall–Kier alpha value is -0.270. The Kier molecular flexibility index (Phi) is 6.55. The van der Waals surface area contributed by atoms with Gasteiger partial charge in [0.1, 0.15) is 19.8 Å². The minimum absolute atomic E-state index is 0.126. The summed E-state index contributed by atoms with van der Waals surface area (Å²) in [5.41, 5.74) is -0.524. The molecule has 0 aliphatic heterocycles. The van der Waals surface area contributed by atoms with E-state index in [-0.39, 0.29) is 12.0 Å². The number of aromatic nitrogens is 2. The van der Waals surface area contributed by atoms with Crippen molar-refractivity contribution in [3.8, 4) is 0 Å². The molecule has 1 rings (SSSR count). The number of rotatable bonds is 4. The Morgan fingerprint density at radius 1 is 1.43 bits per heavy atom. The summed E-state index contributed by atoms with van der Waals surface area (Å²) in [5, 5.41) is 7.66. The molecule has 0 aliphatic carbocycles. The molecule has 1 atom stereocenters. The summed E-state index contributed by atoms with van der Waals surface area (Å²) < 4.78 is 8.23. The molecule has 0 bridgehead atoms. The maximum atomic E-state index is 11.9. The van der Waals surface area contributed by atoms with Gasteiger partial charge in [0.15, 0.2) is 0 Å². The third-order valence-corrected chi connectivity index (χ3v) is 4.85. The highest BCUT2D eigenvalue weighted by atomic mass is 79.9. The van der Waals surface area contributed by atoms with Crippen molar-refractivity contribution in [1.29, 1.82) is 0 Å². The maximum absolute atomic E-state index is 11.9. The van der Waals surface area contributed by atoms with Crippen LogP contribution in [0.4, 0.5) is 4.79 Å². The Labute approximate surface area is 147 Å². The predicted molar refractivity (Wildman–Crippen MR) is 90.6 cm³/mol. The molecule has 0 saturated heterocycles. The van der Waals surface area contributed by atoms with Crippen LogP contribution in [0.15, 0.2) is 9.21 Å². The van der Waals surface area contributed by atoms with Crippen LogP contribution in [-0.4, -0.2) is 27.5 Å². The zero-order valence-corrected chi connectivity index (χ0v) is 16.6. The second kappa shape index (κ2) is 7.33. The zero-order chi connectivity index (χ0) is 16.4. The number of hydrogen-bond donors (Lipinski definition) is 1. The van der Waals surface area contributed by atoms with E-state index < -0.39 is 11.7 Å². The number of nitrogens with one attached hydrogen (secondary N) is 1. The van der Waals surface area contributed by atoms with Gasteiger partial charge in [0.2, 0.25) is 0 Å². The van der Waals surface area contributed by atoms with Gasteiger partial charge in [-0.3, -0.25) is 4.68 Å². The topological polar surface area (TPSA) is 56.2 Å². The first-order chi connectivity index (χ1) is 9.51. The third-order valence-electron chi connectivity index (χ3n) is 2.67. The lowest BCUT2D eigenvalue weighted by Gasteiger charge is -2.26. The molecule has 120 valence electrons. The van der Waals surface area contributed by atoms with Crippen LogP contribution in [0.2, 0.25) is 5.02 Å². The molecule has 1 amide bonds. The number of amides is 1. The van der Waals surface area contributed by atoms with E-state index in [0.29, 0.717) is 20.8 Å². The minimum Gasteiger partial charge on any atom is -0.444 e. The number of nitrogens with zero attached hydrogens (tertiary/aromatic N) is 2. The summed E-state index contributed by atoms with van der Waals surface area (Å²) in [6, 6.07) is -0.126. The summed E-state index contributed by atoms with van der Waals surface area (Å²) in [6.07, 6.45) is -0.436. The fourth-order valence-corrected chi connectivity index (χ4v) is 2.77. The van der Waals surface area contributed by atoms with Crippen molar-refractivity contribution in [3.63, 3.8) is 0 Å². The first-order valence-corrected chi connectivity index (χ1v) is 8.54. The molecule has 1 N–H and O–H groups in total. The Morgan fingerprint density at radius 3 is 2.38 bits per heavy atom. The molecule has 21 heavy (non-hydrogen) atoms. The number of carbonyl (C=O) groups excluding carboxylic acids is 1. The molecule has 5 nitrogen and oxygen atoms in total. The molecule has 0 fully saturated rings. The van der Waals surface area contributed by atoms with Gasteiger partial charge < -0.3 is 10.1 Å². The molecule has 1 aromatic rings. The van der Waals surface area contributed by atoms with Gasteiger partial charge in [-0.25, -0.2) is 4.79 Å². The molecular weight excluding hydrogens is 425 g/mol. The molecule has 1 unspecified atom stereocenters. The average molecular weight is 446 g/mol. The lowest BCUT2D eigenvalue weighted by molar-refractivity contribution is 0.0482. The van der Waals surface area contributed by atoms with Crippen molar-refractivity contribution in [3.05, 3.63) is 14.2 Å². The molecule has 0 aromatic carbocycles. The number of hydrogen-bond acceptors (Lipinski definition) is 3. The normalized spacial score (nSPS) is 13.4. The number of carbonyl (C=O) groups is 1. The lowest BCUT2D eigenvalue weighted by atomic mass is 10.1. The molecular formula is C13H20Br2ClN3O2. The monoisotopic (exact) mass is 443 g/mol. The van der Waals surface area contributed by atoms with Crippen molar-refractivity contribution in [1.82, 2.24) is 15.1 Å². The first kappa shape index (κ1) is 18.8. The Morgan fingerprint density at radius 2 is 2.00 bits per heavy atom. The van der Waals surface area contributed by atoms with Crippen LogP contribution in [0.25, 0.3) is 0 Å². The Bertz CT molecular complexity index is 512. The lowest BCUT2D eigenvalue weighted by Crippen LogP contribution is -2.44. The first-order valence-electron chi connectivity index (χ1n) is 6.58. The van der Waals surface area contributed by atoms with E-state index in [1.54, 1.807) is 4.68 Å². The molecule has 0 saturated carbocycles. The van der Waals surface area contributed by atoms with E-state index in [0.717, 1.165) is 0 Å². The molecule has 0 spiro atoms.